The highest BCUT2D eigenvalue weighted by Crippen LogP contribution is 2.21. The molecule has 7 heteroatoms. The maximum Gasteiger partial charge on any atom is 0.242 e. The molecule has 2 heterocycles. The summed E-state index contributed by atoms with van der Waals surface area (Å²) < 4.78 is 5.47. The van der Waals surface area contributed by atoms with Crippen LogP contribution in [0.3, 0.4) is 0 Å². The van der Waals surface area contributed by atoms with E-state index in [4.69, 9.17) is 10.6 Å². The Kier molecular flexibility index (Phi) is 2.97. The molecule has 0 aliphatic rings. The first kappa shape index (κ1) is 10.4. The molecule has 2 aromatic rings. The summed E-state index contributed by atoms with van der Waals surface area (Å²) in [6, 6.07) is 0. The molecule has 0 bridgehead atoms. The number of ether oxygens (including phenoxy) is 1. The standard InChI is InChI=1S/C9H12N6O/c1-2-3-4-16-8-6-5-11-15-7(6)12-9(13-8)14-10/h2-3,5H,4,10H2,1H3,(H2,11,12,13,14,15)/b3-2+. The van der Waals surface area contributed by atoms with Crippen LogP contribution in [0.1, 0.15) is 6.92 Å². The summed E-state index contributed by atoms with van der Waals surface area (Å²) in [7, 11) is 0. The molecule has 4 N–H and O–H groups in total. The number of fused-ring (bicyclic) bond motifs is 1. The lowest BCUT2D eigenvalue weighted by atomic mass is 10.4. The Hall–Kier alpha value is -2.15. The number of aromatic amines is 1. The number of aromatic nitrogens is 4. The van der Waals surface area contributed by atoms with Crippen molar-refractivity contribution in [3.63, 3.8) is 0 Å². The van der Waals surface area contributed by atoms with Crippen LogP contribution in [0.5, 0.6) is 5.88 Å². The third kappa shape index (κ3) is 1.94. The van der Waals surface area contributed by atoms with Crippen LogP contribution >= 0.6 is 0 Å². The molecular weight excluding hydrogens is 208 g/mol. The van der Waals surface area contributed by atoms with Crippen molar-refractivity contribution in [1.82, 2.24) is 20.2 Å². The van der Waals surface area contributed by atoms with E-state index in [1.54, 1.807) is 6.20 Å². The SMILES string of the molecule is C/C=C/COc1nc(NN)nc2[nH]ncc12. The zero-order valence-corrected chi connectivity index (χ0v) is 8.77. The van der Waals surface area contributed by atoms with Gasteiger partial charge in [0, 0.05) is 0 Å². The van der Waals surface area contributed by atoms with Gasteiger partial charge < -0.3 is 4.74 Å². The lowest BCUT2D eigenvalue weighted by Crippen LogP contribution is -2.11. The van der Waals surface area contributed by atoms with Gasteiger partial charge in [0.05, 0.1) is 6.20 Å². The summed E-state index contributed by atoms with van der Waals surface area (Å²) in [5, 5.41) is 7.33. The largest absolute Gasteiger partial charge is 0.473 e. The summed E-state index contributed by atoms with van der Waals surface area (Å²) in [6.45, 7) is 2.36. The summed E-state index contributed by atoms with van der Waals surface area (Å²) >= 11 is 0. The van der Waals surface area contributed by atoms with Gasteiger partial charge in [0.25, 0.3) is 0 Å². The van der Waals surface area contributed by atoms with Crippen molar-refractivity contribution < 1.29 is 4.74 Å². The normalized spacial score (nSPS) is 11.1. The number of hydrogen-bond acceptors (Lipinski definition) is 6. The van der Waals surface area contributed by atoms with E-state index in [9.17, 15) is 0 Å². The Bertz CT molecular complexity index is 506. The Balaban J connectivity index is 2.36. The molecule has 2 rings (SSSR count). The Labute approximate surface area is 91.7 Å². The smallest absolute Gasteiger partial charge is 0.242 e. The minimum Gasteiger partial charge on any atom is -0.473 e. The predicted molar refractivity (Wildman–Crippen MR) is 59.8 cm³/mol. The number of nitrogens with two attached hydrogens (primary N) is 1. The van der Waals surface area contributed by atoms with Crippen molar-refractivity contribution in [2.45, 2.75) is 6.92 Å². The number of allylic oxidation sites excluding steroid dienone is 1. The van der Waals surface area contributed by atoms with E-state index in [2.05, 4.69) is 25.6 Å². The monoisotopic (exact) mass is 220 g/mol. The van der Waals surface area contributed by atoms with Crippen LogP contribution in [0.2, 0.25) is 0 Å². The number of anilines is 1. The highest BCUT2D eigenvalue weighted by atomic mass is 16.5. The molecule has 0 amide bonds. The number of hydrogen-bond donors (Lipinski definition) is 3. The number of rotatable bonds is 4. The third-order valence-electron chi connectivity index (χ3n) is 1.96. The summed E-state index contributed by atoms with van der Waals surface area (Å²) in [5.74, 6) is 5.99. The van der Waals surface area contributed by atoms with E-state index in [1.807, 2.05) is 19.1 Å². The van der Waals surface area contributed by atoms with Crippen molar-refractivity contribution in [3.05, 3.63) is 18.3 Å². The van der Waals surface area contributed by atoms with Crippen molar-refractivity contribution in [2.24, 2.45) is 5.84 Å². The van der Waals surface area contributed by atoms with Gasteiger partial charge in [-0.05, 0) is 6.92 Å². The molecule has 0 aromatic carbocycles. The average Bonchev–Trinajstić information content (AvgIpc) is 2.77. The molecule has 0 saturated carbocycles. The van der Waals surface area contributed by atoms with Gasteiger partial charge in [-0.3, -0.25) is 10.5 Å². The van der Waals surface area contributed by atoms with Gasteiger partial charge in [-0.25, -0.2) is 5.84 Å². The first-order chi connectivity index (χ1) is 7.85. The summed E-state index contributed by atoms with van der Waals surface area (Å²) in [4.78, 5) is 8.18. The van der Waals surface area contributed by atoms with Gasteiger partial charge in [0.2, 0.25) is 11.8 Å². The minimum atomic E-state index is 0.284. The van der Waals surface area contributed by atoms with Crippen molar-refractivity contribution in [1.29, 1.82) is 0 Å². The predicted octanol–water partition coefficient (Wildman–Crippen LogP) is 0.593. The van der Waals surface area contributed by atoms with Crippen LogP contribution in [0, 0.1) is 0 Å². The van der Waals surface area contributed by atoms with Crippen LogP contribution in [0.4, 0.5) is 5.95 Å². The van der Waals surface area contributed by atoms with Gasteiger partial charge in [-0.2, -0.15) is 15.1 Å². The van der Waals surface area contributed by atoms with Crippen LogP contribution < -0.4 is 16.0 Å². The number of nitrogens with zero attached hydrogens (tertiary/aromatic N) is 3. The third-order valence-corrected chi connectivity index (χ3v) is 1.96. The zero-order chi connectivity index (χ0) is 11.4. The quantitative estimate of drug-likeness (QED) is 0.396. The van der Waals surface area contributed by atoms with E-state index in [0.29, 0.717) is 18.1 Å². The molecule has 0 atom stereocenters. The molecule has 2 aromatic heterocycles. The molecule has 84 valence electrons. The lowest BCUT2D eigenvalue weighted by Gasteiger charge is -2.05. The number of nitrogen functional groups attached to an aromatic ring is 1. The molecule has 7 nitrogen and oxygen atoms in total. The fourth-order valence-electron chi connectivity index (χ4n) is 1.21. The van der Waals surface area contributed by atoms with E-state index in [-0.39, 0.29) is 5.95 Å². The summed E-state index contributed by atoms with van der Waals surface area (Å²) in [6.07, 6.45) is 5.39. The fourth-order valence-corrected chi connectivity index (χ4v) is 1.21. The molecule has 16 heavy (non-hydrogen) atoms. The maximum absolute atomic E-state index is 5.47. The Morgan fingerprint density at radius 2 is 2.44 bits per heavy atom. The molecule has 0 unspecified atom stereocenters. The Morgan fingerprint density at radius 3 is 3.19 bits per heavy atom. The average molecular weight is 220 g/mol. The maximum atomic E-state index is 5.47. The van der Waals surface area contributed by atoms with Gasteiger partial charge in [0.1, 0.15) is 12.0 Å². The highest BCUT2D eigenvalue weighted by molar-refractivity contribution is 5.80. The molecule has 0 radical (unpaired) electrons. The second-order valence-electron chi connectivity index (χ2n) is 3.01. The van der Waals surface area contributed by atoms with Gasteiger partial charge in [-0.15, -0.1) is 0 Å². The van der Waals surface area contributed by atoms with Crippen molar-refractivity contribution >= 4 is 17.0 Å². The number of H-pyrrole nitrogens is 1. The van der Waals surface area contributed by atoms with Crippen LogP contribution in [-0.2, 0) is 0 Å². The molecule has 0 spiro atoms. The number of nitrogens with one attached hydrogen (secondary N) is 2. The topological polar surface area (TPSA) is 102 Å². The molecular formula is C9H12N6O. The molecule has 0 fully saturated rings. The zero-order valence-electron chi connectivity index (χ0n) is 8.77. The van der Waals surface area contributed by atoms with E-state index >= 15 is 0 Å². The van der Waals surface area contributed by atoms with Crippen molar-refractivity contribution in [2.75, 3.05) is 12.0 Å². The fraction of sp³-hybridized carbons (Fsp3) is 0.222. The summed E-state index contributed by atoms with van der Waals surface area (Å²) in [5.41, 5.74) is 2.95. The second-order valence-corrected chi connectivity index (χ2v) is 3.01. The second kappa shape index (κ2) is 4.58. The van der Waals surface area contributed by atoms with Crippen LogP contribution in [-0.4, -0.2) is 26.8 Å². The van der Waals surface area contributed by atoms with Gasteiger partial charge >= 0.3 is 0 Å². The lowest BCUT2D eigenvalue weighted by molar-refractivity contribution is 0.353. The van der Waals surface area contributed by atoms with Crippen LogP contribution in [0.15, 0.2) is 18.3 Å². The van der Waals surface area contributed by atoms with E-state index < -0.39 is 0 Å². The number of hydrazine groups is 1. The van der Waals surface area contributed by atoms with E-state index in [0.717, 1.165) is 5.39 Å². The van der Waals surface area contributed by atoms with Gasteiger partial charge in [-0.1, -0.05) is 12.2 Å². The highest BCUT2D eigenvalue weighted by Gasteiger charge is 2.09. The van der Waals surface area contributed by atoms with Gasteiger partial charge in [0.15, 0.2) is 5.65 Å². The van der Waals surface area contributed by atoms with Crippen molar-refractivity contribution in [3.8, 4) is 5.88 Å². The van der Waals surface area contributed by atoms with Crippen LogP contribution in [0.25, 0.3) is 11.0 Å². The van der Waals surface area contributed by atoms with E-state index in [1.165, 1.54) is 0 Å². The molecule has 0 aliphatic heterocycles. The first-order valence-electron chi connectivity index (χ1n) is 4.77. The minimum absolute atomic E-state index is 0.284. The molecule has 0 saturated heterocycles. The first-order valence-corrected chi connectivity index (χ1v) is 4.77. The molecule has 0 aliphatic carbocycles. The Morgan fingerprint density at radius 1 is 1.56 bits per heavy atom.